The lowest BCUT2D eigenvalue weighted by molar-refractivity contribution is 0.0985. The van der Waals surface area contributed by atoms with E-state index in [4.69, 9.17) is 15.2 Å². The van der Waals surface area contributed by atoms with Crippen LogP contribution in [0.15, 0.2) is 12.1 Å². The molecule has 110 valence electrons. The van der Waals surface area contributed by atoms with Gasteiger partial charge in [0.15, 0.2) is 5.65 Å². The molecule has 0 aliphatic carbocycles. The number of hydrogen-bond acceptors (Lipinski definition) is 5. The summed E-state index contributed by atoms with van der Waals surface area (Å²) in [5.41, 5.74) is 7.58. The average Bonchev–Trinajstić information content (AvgIpc) is 2.74. The SMILES string of the molecule is CCOCC(C(C)C)n1c(N)nc2ccc(OC)nc21. The van der Waals surface area contributed by atoms with Crippen molar-refractivity contribution in [3.05, 3.63) is 12.1 Å². The highest BCUT2D eigenvalue weighted by molar-refractivity contribution is 5.75. The zero-order valence-electron chi connectivity index (χ0n) is 12.5. The van der Waals surface area contributed by atoms with Gasteiger partial charge in [-0.25, -0.2) is 4.98 Å². The van der Waals surface area contributed by atoms with Crippen LogP contribution in [0, 0.1) is 5.92 Å². The van der Waals surface area contributed by atoms with Crippen molar-refractivity contribution in [2.75, 3.05) is 26.1 Å². The topological polar surface area (TPSA) is 75.2 Å². The summed E-state index contributed by atoms with van der Waals surface area (Å²) < 4.78 is 12.7. The molecule has 0 aliphatic rings. The van der Waals surface area contributed by atoms with E-state index in [-0.39, 0.29) is 6.04 Å². The number of nitrogen functional groups attached to an aromatic ring is 1. The number of aromatic nitrogens is 3. The molecule has 0 aliphatic heterocycles. The highest BCUT2D eigenvalue weighted by Crippen LogP contribution is 2.28. The minimum atomic E-state index is 0.0968. The Hall–Kier alpha value is -1.82. The molecular weight excluding hydrogens is 256 g/mol. The molecule has 20 heavy (non-hydrogen) atoms. The van der Waals surface area contributed by atoms with Crippen LogP contribution in [-0.4, -0.2) is 34.9 Å². The summed E-state index contributed by atoms with van der Waals surface area (Å²) in [5, 5.41) is 0. The zero-order valence-corrected chi connectivity index (χ0v) is 12.5. The molecule has 2 rings (SSSR count). The van der Waals surface area contributed by atoms with Gasteiger partial charge in [0.2, 0.25) is 11.8 Å². The van der Waals surface area contributed by atoms with Crippen LogP contribution in [0.1, 0.15) is 26.8 Å². The van der Waals surface area contributed by atoms with E-state index in [1.807, 2.05) is 17.6 Å². The third-order valence-electron chi connectivity index (χ3n) is 3.34. The summed E-state index contributed by atoms with van der Waals surface area (Å²) in [6.45, 7) is 7.51. The predicted molar refractivity (Wildman–Crippen MR) is 78.9 cm³/mol. The van der Waals surface area contributed by atoms with Crippen LogP contribution in [0.3, 0.4) is 0 Å². The Morgan fingerprint density at radius 3 is 2.65 bits per heavy atom. The zero-order chi connectivity index (χ0) is 14.7. The molecule has 1 atom stereocenters. The van der Waals surface area contributed by atoms with Crippen molar-refractivity contribution < 1.29 is 9.47 Å². The number of nitrogens with two attached hydrogens (primary N) is 1. The van der Waals surface area contributed by atoms with Crippen molar-refractivity contribution in [1.82, 2.24) is 14.5 Å². The fraction of sp³-hybridized carbons (Fsp3) is 0.571. The molecule has 0 spiro atoms. The van der Waals surface area contributed by atoms with Crippen LogP contribution in [0.2, 0.25) is 0 Å². The van der Waals surface area contributed by atoms with Crippen LogP contribution in [0.25, 0.3) is 11.2 Å². The van der Waals surface area contributed by atoms with Gasteiger partial charge in [-0.05, 0) is 18.9 Å². The largest absolute Gasteiger partial charge is 0.481 e. The number of pyridine rings is 1. The van der Waals surface area contributed by atoms with Crippen LogP contribution in [0.5, 0.6) is 5.88 Å². The van der Waals surface area contributed by atoms with E-state index in [1.165, 1.54) is 0 Å². The minimum absolute atomic E-state index is 0.0968. The summed E-state index contributed by atoms with van der Waals surface area (Å²) >= 11 is 0. The number of imidazole rings is 1. The van der Waals surface area contributed by atoms with Gasteiger partial charge in [-0.3, -0.25) is 4.57 Å². The molecule has 0 amide bonds. The molecule has 0 fully saturated rings. The molecular formula is C14H22N4O2. The van der Waals surface area contributed by atoms with Gasteiger partial charge in [-0.15, -0.1) is 0 Å². The molecule has 6 nitrogen and oxygen atoms in total. The van der Waals surface area contributed by atoms with Crippen molar-refractivity contribution in [3.63, 3.8) is 0 Å². The molecule has 0 saturated carbocycles. The van der Waals surface area contributed by atoms with E-state index in [0.29, 0.717) is 31.0 Å². The van der Waals surface area contributed by atoms with E-state index in [9.17, 15) is 0 Å². The Morgan fingerprint density at radius 2 is 2.05 bits per heavy atom. The van der Waals surface area contributed by atoms with Crippen LogP contribution < -0.4 is 10.5 Å². The third-order valence-corrected chi connectivity index (χ3v) is 3.34. The summed E-state index contributed by atoms with van der Waals surface area (Å²) in [5.74, 6) is 1.37. The van der Waals surface area contributed by atoms with Crippen molar-refractivity contribution >= 4 is 17.1 Å². The Kier molecular flexibility index (Phi) is 4.44. The molecule has 2 aromatic rings. The average molecular weight is 278 g/mol. The van der Waals surface area contributed by atoms with Gasteiger partial charge >= 0.3 is 0 Å². The van der Waals surface area contributed by atoms with Gasteiger partial charge in [0.05, 0.1) is 19.8 Å². The van der Waals surface area contributed by atoms with E-state index in [2.05, 4.69) is 23.8 Å². The van der Waals surface area contributed by atoms with Gasteiger partial charge in [0.1, 0.15) is 5.52 Å². The lowest BCUT2D eigenvalue weighted by Crippen LogP contribution is -2.22. The first kappa shape index (κ1) is 14.6. The smallest absolute Gasteiger partial charge is 0.215 e. The third kappa shape index (κ3) is 2.70. The molecule has 0 saturated heterocycles. The fourth-order valence-electron chi connectivity index (χ4n) is 2.22. The minimum Gasteiger partial charge on any atom is -0.481 e. The number of ether oxygens (including phenoxy) is 2. The first-order chi connectivity index (χ1) is 9.58. The lowest BCUT2D eigenvalue weighted by atomic mass is 10.1. The predicted octanol–water partition coefficient (Wildman–Crippen LogP) is 2.26. The van der Waals surface area contributed by atoms with E-state index in [0.717, 1.165) is 11.2 Å². The summed E-state index contributed by atoms with van der Waals surface area (Å²) in [7, 11) is 1.60. The van der Waals surface area contributed by atoms with Crippen LogP contribution in [0.4, 0.5) is 5.95 Å². The lowest BCUT2D eigenvalue weighted by Gasteiger charge is -2.23. The number of nitrogens with zero attached hydrogens (tertiary/aromatic N) is 3. The van der Waals surface area contributed by atoms with E-state index >= 15 is 0 Å². The van der Waals surface area contributed by atoms with Crippen LogP contribution >= 0.6 is 0 Å². The Bertz CT molecular complexity index is 580. The maximum Gasteiger partial charge on any atom is 0.215 e. The highest BCUT2D eigenvalue weighted by Gasteiger charge is 2.22. The second-order valence-electron chi connectivity index (χ2n) is 5.01. The molecule has 6 heteroatoms. The Balaban J connectivity index is 2.51. The molecule has 2 heterocycles. The molecule has 0 bridgehead atoms. The second-order valence-corrected chi connectivity index (χ2v) is 5.01. The second kappa shape index (κ2) is 6.09. The summed E-state index contributed by atoms with van der Waals surface area (Å²) in [6, 6.07) is 3.75. The maximum atomic E-state index is 6.07. The first-order valence-corrected chi connectivity index (χ1v) is 6.84. The van der Waals surface area contributed by atoms with Crippen molar-refractivity contribution in [2.45, 2.75) is 26.8 Å². The van der Waals surface area contributed by atoms with Crippen molar-refractivity contribution in [3.8, 4) is 5.88 Å². The first-order valence-electron chi connectivity index (χ1n) is 6.84. The standard InChI is InChI=1S/C14H22N4O2/c1-5-20-8-11(9(2)3)18-13-10(16-14(18)15)6-7-12(17-13)19-4/h6-7,9,11H,5,8H2,1-4H3,(H2,15,16). The normalized spacial score (nSPS) is 13.1. The Morgan fingerprint density at radius 1 is 1.30 bits per heavy atom. The summed E-state index contributed by atoms with van der Waals surface area (Å²) in [4.78, 5) is 8.84. The molecule has 0 radical (unpaired) electrons. The van der Waals surface area contributed by atoms with Gasteiger partial charge in [-0.1, -0.05) is 13.8 Å². The van der Waals surface area contributed by atoms with E-state index in [1.54, 1.807) is 13.2 Å². The van der Waals surface area contributed by atoms with Gasteiger partial charge in [-0.2, -0.15) is 4.98 Å². The summed E-state index contributed by atoms with van der Waals surface area (Å²) in [6.07, 6.45) is 0. The van der Waals surface area contributed by atoms with Crippen molar-refractivity contribution in [2.24, 2.45) is 5.92 Å². The number of hydrogen-bond donors (Lipinski definition) is 1. The molecule has 2 aromatic heterocycles. The fourth-order valence-corrected chi connectivity index (χ4v) is 2.22. The van der Waals surface area contributed by atoms with Crippen molar-refractivity contribution in [1.29, 1.82) is 0 Å². The number of methoxy groups -OCH3 is 1. The van der Waals surface area contributed by atoms with Crippen LogP contribution in [-0.2, 0) is 4.74 Å². The van der Waals surface area contributed by atoms with Gasteiger partial charge in [0, 0.05) is 12.7 Å². The number of anilines is 1. The molecule has 0 aromatic carbocycles. The maximum absolute atomic E-state index is 6.07. The van der Waals surface area contributed by atoms with Gasteiger partial charge in [0.25, 0.3) is 0 Å². The molecule has 2 N–H and O–H groups in total. The quantitative estimate of drug-likeness (QED) is 0.877. The van der Waals surface area contributed by atoms with Gasteiger partial charge < -0.3 is 15.2 Å². The van der Waals surface area contributed by atoms with E-state index < -0.39 is 0 Å². The Labute approximate surface area is 118 Å². The molecule has 1 unspecified atom stereocenters. The number of fused-ring (bicyclic) bond motifs is 1. The highest BCUT2D eigenvalue weighted by atomic mass is 16.5. The monoisotopic (exact) mass is 278 g/mol. The number of rotatable bonds is 6.